The number of benzene rings is 1. The van der Waals surface area contributed by atoms with Gasteiger partial charge in [0.25, 0.3) is 5.69 Å². The van der Waals surface area contributed by atoms with Crippen LogP contribution in [0.2, 0.25) is 0 Å². The number of non-ortho nitro benzene ring substituents is 1. The number of nitro benzene ring substituents is 1. The zero-order chi connectivity index (χ0) is 25.8. The molecule has 1 aromatic rings. The van der Waals surface area contributed by atoms with Gasteiger partial charge < -0.3 is 19.9 Å². The van der Waals surface area contributed by atoms with E-state index in [1.165, 1.54) is 0 Å². The number of amides is 2. The van der Waals surface area contributed by atoms with Crippen molar-refractivity contribution in [2.75, 3.05) is 83.6 Å². The molecule has 0 aromatic heterocycles. The van der Waals surface area contributed by atoms with Gasteiger partial charge in [-0.3, -0.25) is 29.5 Å². The molecule has 0 radical (unpaired) electrons. The lowest BCUT2D eigenvalue weighted by Gasteiger charge is -2.49. The summed E-state index contributed by atoms with van der Waals surface area (Å²) in [6.07, 6.45) is 3.46. The van der Waals surface area contributed by atoms with E-state index in [0.29, 0.717) is 32.6 Å². The lowest BCUT2D eigenvalue weighted by atomic mass is 9.83. The van der Waals surface area contributed by atoms with E-state index in [0.717, 1.165) is 83.0 Å². The van der Waals surface area contributed by atoms with Gasteiger partial charge >= 0.3 is 0 Å². The standard InChI is InChI=1S/C26H38N6O5/c33-25(30-8-1-2-9-30)19-29-10-11-31-23-5-4-21(32(35)36)16-20(23)17-22(24(31)18-29)26(34)27-6-3-7-28-12-14-37-15-13-28/h4-5,16,22,24H,1-3,6-15,17-19H2,(H,27,34)/t22-,24-/m0/s1. The fraction of sp³-hybridized carbons (Fsp3) is 0.692. The molecule has 0 unspecified atom stereocenters. The number of rotatable bonds is 8. The largest absolute Gasteiger partial charge is 0.379 e. The normalized spacial score (nSPS) is 24.4. The molecule has 2 atom stereocenters. The van der Waals surface area contributed by atoms with Crippen molar-refractivity contribution in [3.05, 3.63) is 33.9 Å². The number of anilines is 1. The number of hydrogen-bond acceptors (Lipinski definition) is 8. The van der Waals surface area contributed by atoms with Crippen LogP contribution in [-0.4, -0.2) is 116 Å². The highest BCUT2D eigenvalue weighted by Gasteiger charge is 2.42. The van der Waals surface area contributed by atoms with E-state index < -0.39 is 0 Å². The Bertz CT molecular complexity index is 994. The van der Waals surface area contributed by atoms with Gasteiger partial charge in [0.05, 0.1) is 36.6 Å². The Balaban J connectivity index is 1.26. The number of carbonyl (C=O) groups is 2. The van der Waals surface area contributed by atoms with E-state index in [-0.39, 0.29) is 34.4 Å². The molecule has 1 N–H and O–H groups in total. The van der Waals surface area contributed by atoms with Crippen LogP contribution in [-0.2, 0) is 20.7 Å². The molecule has 0 saturated carbocycles. The summed E-state index contributed by atoms with van der Waals surface area (Å²) in [4.78, 5) is 46.0. The second kappa shape index (κ2) is 11.7. The van der Waals surface area contributed by atoms with Crippen LogP contribution in [0, 0.1) is 16.0 Å². The number of fused-ring (bicyclic) bond motifs is 3. The minimum Gasteiger partial charge on any atom is -0.379 e. The third kappa shape index (κ3) is 6.05. The van der Waals surface area contributed by atoms with Crippen molar-refractivity contribution in [2.24, 2.45) is 5.92 Å². The summed E-state index contributed by atoms with van der Waals surface area (Å²) < 4.78 is 5.40. The molecule has 5 rings (SSSR count). The summed E-state index contributed by atoms with van der Waals surface area (Å²) >= 11 is 0. The fourth-order valence-electron chi connectivity index (χ4n) is 6.15. The highest BCUT2D eigenvalue weighted by atomic mass is 16.6. The highest BCUT2D eigenvalue weighted by Crippen LogP contribution is 2.38. The van der Waals surface area contributed by atoms with Crippen LogP contribution in [0.3, 0.4) is 0 Å². The van der Waals surface area contributed by atoms with Gasteiger partial charge in [-0.1, -0.05) is 0 Å². The molecule has 3 fully saturated rings. The van der Waals surface area contributed by atoms with Crippen molar-refractivity contribution in [3.63, 3.8) is 0 Å². The predicted molar refractivity (Wildman–Crippen MR) is 139 cm³/mol. The number of carbonyl (C=O) groups excluding carboxylic acids is 2. The number of nitrogens with zero attached hydrogens (tertiary/aromatic N) is 5. The summed E-state index contributed by atoms with van der Waals surface area (Å²) in [5.41, 5.74) is 1.87. The zero-order valence-electron chi connectivity index (χ0n) is 21.5. The third-order valence-corrected chi connectivity index (χ3v) is 8.20. The van der Waals surface area contributed by atoms with E-state index >= 15 is 0 Å². The maximum atomic E-state index is 13.5. The van der Waals surface area contributed by atoms with Crippen LogP contribution in [0.25, 0.3) is 0 Å². The topological polar surface area (TPSA) is 111 Å². The third-order valence-electron chi connectivity index (χ3n) is 8.20. The van der Waals surface area contributed by atoms with Gasteiger partial charge in [-0.25, -0.2) is 0 Å². The molecule has 4 heterocycles. The summed E-state index contributed by atoms with van der Waals surface area (Å²) in [6.45, 7) is 8.97. The second-order valence-corrected chi connectivity index (χ2v) is 10.6. The van der Waals surface area contributed by atoms with Gasteiger partial charge in [-0.05, 0) is 43.9 Å². The predicted octanol–water partition coefficient (Wildman–Crippen LogP) is 0.719. The molecule has 4 aliphatic rings. The fourth-order valence-corrected chi connectivity index (χ4v) is 6.15. The first kappa shape index (κ1) is 25.9. The van der Waals surface area contributed by atoms with Crippen molar-refractivity contribution < 1.29 is 19.2 Å². The summed E-state index contributed by atoms with van der Waals surface area (Å²) in [5.74, 6) is -0.175. The van der Waals surface area contributed by atoms with Gasteiger partial charge in [0, 0.05) is 70.2 Å². The molecule has 2 amide bonds. The zero-order valence-corrected chi connectivity index (χ0v) is 21.5. The minimum absolute atomic E-state index is 0.0122. The van der Waals surface area contributed by atoms with Crippen LogP contribution in [0.4, 0.5) is 11.4 Å². The molecule has 202 valence electrons. The average molecular weight is 515 g/mol. The summed E-state index contributed by atoms with van der Waals surface area (Å²) in [5, 5.41) is 14.5. The van der Waals surface area contributed by atoms with Gasteiger partial charge in [-0.15, -0.1) is 0 Å². The van der Waals surface area contributed by atoms with Gasteiger partial charge in [-0.2, -0.15) is 0 Å². The van der Waals surface area contributed by atoms with Crippen LogP contribution in [0.15, 0.2) is 18.2 Å². The van der Waals surface area contributed by atoms with E-state index in [9.17, 15) is 19.7 Å². The summed E-state index contributed by atoms with van der Waals surface area (Å²) in [7, 11) is 0. The monoisotopic (exact) mass is 514 g/mol. The number of piperazine rings is 1. The van der Waals surface area contributed by atoms with Crippen LogP contribution in [0.5, 0.6) is 0 Å². The molecule has 1 aromatic carbocycles. The Labute approximate surface area is 217 Å². The molecule has 4 aliphatic heterocycles. The molecule has 11 nitrogen and oxygen atoms in total. The Hall–Kier alpha value is -2.76. The number of hydrogen-bond donors (Lipinski definition) is 1. The number of ether oxygens (including phenoxy) is 1. The van der Waals surface area contributed by atoms with Crippen molar-refractivity contribution in [1.82, 2.24) is 20.0 Å². The second-order valence-electron chi connectivity index (χ2n) is 10.6. The van der Waals surface area contributed by atoms with E-state index in [1.54, 1.807) is 12.1 Å². The van der Waals surface area contributed by atoms with Crippen molar-refractivity contribution in [2.45, 2.75) is 31.7 Å². The maximum absolute atomic E-state index is 13.5. The first-order chi connectivity index (χ1) is 18.0. The number of likely N-dealkylation sites (tertiary alicyclic amines) is 1. The van der Waals surface area contributed by atoms with E-state index in [2.05, 4.69) is 20.0 Å². The first-order valence-corrected chi connectivity index (χ1v) is 13.6. The number of morpholine rings is 1. The van der Waals surface area contributed by atoms with Crippen LogP contribution < -0.4 is 10.2 Å². The first-order valence-electron chi connectivity index (χ1n) is 13.6. The highest BCUT2D eigenvalue weighted by molar-refractivity contribution is 5.82. The molecular formula is C26H38N6O5. The maximum Gasteiger partial charge on any atom is 0.269 e. The summed E-state index contributed by atoms with van der Waals surface area (Å²) in [6, 6.07) is 4.91. The smallest absolute Gasteiger partial charge is 0.269 e. The average Bonchev–Trinajstić information content (AvgIpc) is 3.46. The number of nitrogens with one attached hydrogen (secondary N) is 1. The Morgan fingerprint density at radius 2 is 1.84 bits per heavy atom. The Kier molecular flexibility index (Phi) is 8.21. The van der Waals surface area contributed by atoms with Gasteiger partial charge in [0.2, 0.25) is 11.8 Å². The quantitative estimate of drug-likeness (QED) is 0.307. The lowest BCUT2D eigenvalue weighted by molar-refractivity contribution is -0.384. The Morgan fingerprint density at radius 1 is 1.05 bits per heavy atom. The number of nitro groups is 1. The molecule has 0 spiro atoms. The molecule has 3 saturated heterocycles. The lowest BCUT2D eigenvalue weighted by Crippen LogP contribution is -2.62. The van der Waals surface area contributed by atoms with Crippen LogP contribution in [0.1, 0.15) is 24.8 Å². The molecule has 37 heavy (non-hydrogen) atoms. The van der Waals surface area contributed by atoms with Gasteiger partial charge in [0.15, 0.2) is 0 Å². The van der Waals surface area contributed by atoms with Crippen molar-refractivity contribution in [1.29, 1.82) is 0 Å². The van der Waals surface area contributed by atoms with Gasteiger partial charge in [0.1, 0.15) is 0 Å². The van der Waals surface area contributed by atoms with Crippen LogP contribution >= 0.6 is 0 Å². The molecule has 11 heteroatoms. The van der Waals surface area contributed by atoms with E-state index in [1.807, 2.05) is 11.0 Å². The van der Waals surface area contributed by atoms with E-state index in [4.69, 9.17) is 4.74 Å². The molecule has 0 aliphatic carbocycles. The molecule has 0 bridgehead atoms. The minimum atomic E-state index is -0.380. The SMILES string of the molecule is O=C(NCCCN1CCOCC1)[C@H]1Cc2cc([N+](=O)[O-])ccc2N2CCN(CC(=O)N3CCCC3)C[C@@H]12. The van der Waals surface area contributed by atoms with Crippen molar-refractivity contribution >= 4 is 23.2 Å². The van der Waals surface area contributed by atoms with Crippen molar-refractivity contribution in [3.8, 4) is 0 Å². The molecular weight excluding hydrogens is 476 g/mol. The Morgan fingerprint density at radius 3 is 2.59 bits per heavy atom.